The Hall–Kier alpha value is -1.75. The van der Waals surface area contributed by atoms with Crippen LogP contribution in [-0.2, 0) is 0 Å². The molecule has 2 N–H and O–H groups in total. The van der Waals surface area contributed by atoms with E-state index in [-0.39, 0.29) is 11.3 Å². The number of hydrogen-bond donors (Lipinski definition) is 1. The van der Waals surface area contributed by atoms with Gasteiger partial charge in [-0.3, -0.25) is 4.79 Å². The minimum Gasteiger partial charge on any atom is -0.493 e. The topological polar surface area (TPSA) is 64.8 Å². The first kappa shape index (κ1) is 18.6. The van der Waals surface area contributed by atoms with Gasteiger partial charge in [0, 0.05) is 18.7 Å². The van der Waals surface area contributed by atoms with E-state index >= 15 is 0 Å². The molecule has 1 amide bonds. The third kappa shape index (κ3) is 4.41. The fourth-order valence-electron chi connectivity index (χ4n) is 2.87. The van der Waals surface area contributed by atoms with Crippen LogP contribution >= 0.6 is 0 Å². The molecule has 1 unspecified atom stereocenters. The zero-order valence-electron chi connectivity index (χ0n) is 15.3. The first-order valence-corrected chi connectivity index (χ1v) is 8.69. The first-order valence-electron chi connectivity index (χ1n) is 8.69. The molecule has 1 atom stereocenters. The normalized spacial score (nSPS) is 20.5. The van der Waals surface area contributed by atoms with Crippen LogP contribution in [0.5, 0.6) is 11.5 Å². The maximum atomic E-state index is 12.7. The van der Waals surface area contributed by atoms with E-state index < -0.39 is 0 Å². The van der Waals surface area contributed by atoms with Crippen molar-refractivity contribution < 1.29 is 14.3 Å². The molecule has 1 heterocycles. The molecule has 5 heteroatoms. The maximum absolute atomic E-state index is 12.7. The van der Waals surface area contributed by atoms with Crippen molar-refractivity contribution in [2.75, 3.05) is 33.4 Å². The van der Waals surface area contributed by atoms with Crippen molar-refractivity contribution in [1.82, 2.24) is 4.90 Å². The van der Waals surface area contributed by atoms with Gasteiger partial charge in [-0.05, 0) is 48.9 Å². The lowest BCUT2D eigenvalue weighted by atomic mass is 9.90. The van der Waals surface area contributed by atoms with Gasteiger partial charge in [-0.15, -0.1) is 0 Å². The van der Waals surface area contributed by atoms with Crippen molar-refractivity contribution in [3.8, 4) is 11.5 Å². The molecule has 0 radical (unpaired) electrons. The van der Waals surface area contributed by atoms with E-state index in [1.54, 1.807) is 13.2 Å². The number of carbonyl (C=O) groups excluding carboxylic acids is 1. The van der Waals surface area contributed by atoms with Crippen molar-refractivity contribution >= 4 is 5.91 Å². The number of amides is 1. The summed E-state index contributed by atoms with van der Waals surface area (Å²) in [6.07, 6.45) is 1.93. The van der Waals surface area contributed by atoms with Crippen molar-refractivity contribution in [1.29, 1.82) is 0 Å². The molecule has 134 valence electrons. The van der Waals surface area contributed by atoms with Gasteiger partial charge in [0.05, 0.1) is 13.7 Å². The average molecular weight is 334 g/mol. The Kier molecular flexibility index (Phi) is 6.10. The average Bonchev–Trinajstić information content (AvgIpc) is 2.97. The molecule has 0 aromatic heterocycles. The van der Waals surface area contributed by atoms with Crippen molar-refractivity contribution in [3.05, 3.63) is 23.8 Å². The minimum absolute atomic E-state index is 0.0270. The summed E-state index contributed by atoms with van der Waals surface area (Å²) in [5.74, 6) is 1.90. The van der Waals surface area contributed by atoms with Gasteiger partial charge in [0.25, 0.3) is 5.91 Å². The summed E-state index contributed by atoms with van der Waals surface area (Å²) in [4.78, 5) is 14.6. The van der Waals surface area contributed by atoms with Crippen LogP contribution in [0, 0.1) is 11.3 Å². The van der Waals surface area contributed by atoms with Crippen molar-refractivity contribution in [2.45, 2.75) is 33.6 Å². The highest BCUT2D eigenvalue weighted by atomic mass is 16.5. The van der Waals surface area contributed by atoms with E-state index in [0.29, 0.717) is 42.7 Å². The fraction of sp³-hybridized carbons (Fsp3) is 0.632. The van der Waals surface area contributed by atoms with Gasteiger partial charge < -0.3 is 20.1 Å². The second-order valence-electron chi connectivity index (χ2n) is 7.39. The molecule has 2 rings (SSSR count). The lowest BCUT2D eigenvalue weighted by Gasteiger charge is -2.23. The van der Waals surface area contributed by atoms with Gasteiger partial charge in [0.15, 0.2) is 11.5 Å². The van der Waals surface area contributed by atoms with Gasteiger partial charge in [0.1, 0.15) is 0 Å². The number of benzene rings is 1. The summed E-state index contributed by atoms with van der Waals surface area (Å²) in [7, 11) is 1.60. The number of ether oxygens (including phenoxy) is 2. The standard InChI is InChI=1S/C19H30N2O3/c1-14(2)7-10-24-16-6-5-15(11-17(16)23-4)18(22)21-9-8-19(3,12-20)13-21/h5-6,11,14H,7-10,12-13,20H2,1-4H3. The summed E-state index contributed by atoms with van der Waals surface area (Å²) >= 11 is 0. The predicted molar refractivity (Wildman–Crippen MR) is 95.6 cm³/mol. The zero-order chi connectivity index (χ0) is 17.7. The quantitative estimate of drug-likeness (QED) is 0.833. The number of methoxy groups -OCH3 is 1. The highest BCUT2D eigenvalue weighted by Crippen LogP contribution is 2.32. The zero-order valence-corrected chi connectivity index (χ0v) is 15.3. The number of nitrogens with zero attached hydrogens (tertiary/aromatic N) is 1. The Morgan fingerprint density at radius 2 is 2.12 bits per heavy atom. The van der Waals surface area contributed by atoms with Crippen LogP contribution in [0.2, 0.25) is 0 Å². The molecule has 1 aromatic carbocycles. The van der Waals surface area contributed by atoms with Crippen molar-refractivity contribution in [2.24, 2.45) is 17.1 Å². The highest BCUT2D eigenvalue weighted by molar-refractivity contribution is 5.95. The molecule has 0 aliphatic carbocycles. The molecule has 1 aliphatic rings. The molecule has 5 nitrogen and oxygen atoms in total. The molecule has 0 saturated carbocycles. The van der Waals surface area contributed by atoms with Crippen LogP contribution in [0.3, 0.4) is 0 Å². The van der Waals surface area contributed by atoms with Crippen LogP contribution < -0.4 is 15.2 Å². The Bertz CT molecular complexity index is 574. The third-order valence-corrected chi connectivity index (χ3v) is 4.70. The van der Waals surface area contributed by atoms with E-state index in [9.17, 15) is 4.79 Å². The SMILES string of the molecule is COc1cc(C(=O)N2CCC(C)(CN)C2)ccc1OCCC(C)C. The van der Waals surface area contributed by atoms with Crippen molar-refractivity contribution in [3.63, 3.8) is 0 Å². The van der Waals surface area contributed by atoms with Gasteiger partial charge in [-0.2, -0.15) is 0 Å². The Morgan fingerprint density at radius 3 is 2.71 bits per heavy atom. The Labute approximate surface area is 145 Å². The smallest absolute Gasteiger partial charge is 0.254 e. The van der Waals surface area contributed by atoms with Gasteiger partial charge in [0.2, 0.25) is 0 Å². The van der Waals surface area contributed by atoms with E-state index in [1.807, 2.05) is 17.0 Å². The highest BCUT2D eigenvalue weighted by Gasteiger charge is 2.35. The number of nitrogens with two attached hydrogens (primary N) is 1. The second kappa shape index (κ2) is 7.88. The van der Waals surface area contributed by atoms with E-state index in [1.165, 1.54) is 0 Å². The number of likely N-dealkylation sites (tertiary alicyclic amines) is 1. The Morgan fingerprint density at radius 1 is 1.38 bits per heavy atom. The second-order valence-corrected chi connectivity index (χ2v) is 7.39. The molecule has 1 fully saturated rings. The van der Waals surface area contributed by atoms with Gasteiger partial charge >= 0.3 is 0 Å². The molecular formula is C19H30N2O3. The molecule has 1 aliphatic heterocycles. The van der Waals surface area contributed by atoms with Crippen LogP contribution in [0.1, 0.15) is 44.0 Å². The molecule has 1 aromatic rings. The van der Waals surface area contributed by atoms with E-state index in [2.05, 4.69) is 20.8 Å². The van der Waals surface area contributed by atoms with Crippen LogP contribution in [0.25, 0.3) is 0 Å². The van der Waals surface area contributed by atoms with Crippen LogP contribution in [-0.4, -0.2) is 44.2 Å². The lowest BCUT2D eigenvalue weighted by Crippen LogP contribution is -2.34. The summed E-state index contributed by atoms with van der Waals surface area (Å²) in [6.45, 7) is 9.15. The van der Waals surface area contributed by atoms with Gasteiger partial charge in [-0.25, -0.2) is 0 Å². The summed E-state index contributed by atoms with van der Waals surface area (Å²) in [6, 6.07) is 5.41. The minimum atomic E-state index is 0.0270. The number of rotatable bonds is 7. The molecule has 1 saturated heterocycles. The number of hydrogen-bond acceptors (Lipinski definition) is 4. The number of carbonyl (C=O) groups is 1. The van der Waals surface area contributed by atoms with E-state index in [0.717, 1.165) is 19.4 Å². The third-order valence-electron chi connectivity index (χ3n) is 4.70. The molecule has 0 spiro atoms. The largest absolute Gasteiger partial charge is 0.493 e. The summed E-state index contributed by atoms with van der Waals surface area (Å²) in [5.41, 5.74) is 6.48. The first-order chi connectivity index (χ1) is 11.4. The maximum Gasteiger partial charge on any atom is 0.254 e. The monoisotopic (exact) mass is 334 g/mol. The molecule has 0 bridgehead atoms. The van der Waals surface area contributed by atoms with E-state index in [4.69, 9.17) is 15.2 Å². The molecule has 24 heavy (non-hydrogen) atoms. The van der Waals surface area contributed by atoms with Crippen LogP contribution in [0.4, 0.5) is 0 Å². The molecular weight excluding hydrogens is 304 g/mol. The summed E-state index contributed by atoms with van der Waals surface area (Å²) in [5, 5.41) is 0. The predicted octanol–water partition coefficient (Wildman–Crippen LogP) is 2.93. The van der Waals surface area contributed by atoms with Crippen LogP contribution in [0.15, 0.2) is 18.2 Å². The lowest BCUT2D eigenvalue weighted by molar-refractivity contribution is 0.0776. The summed E-state index contributed by atoms with van der Waals surface area (Å²) < 4.78 is 11.2. The Balaban J connectivity index is 2.07. The van der Waals surface area contributed by atoms with Gasteiger partial charge in [-0.1, -0.05) is 20.8 Å². The fourth-order valence-corrected chi connectivity index (χ4v) is 2.87.